The maximum atomic E-state index is 12.8. The van der Waals surface area contributed by atoms with E-state index in [4.69, 9.17) is 4.74 Å². The number of benzene rings is 1. The van der Waals surface area contributed by atoms with Gasteiger partial charge < -0.3 is 14.7 Å². The van der Waals surface area contributed by atoms with E-state index in [-0.39, 0.29) is 24.3 Å². The van der Waals surface area contributed by atoms with Crippen LogP contribution >= 0.6 is 0 Å². The number of fused-ring (bicyclic) bond motifs is 1. The topological polar surface area (TPSA) is 45.6 Å². The third-order valence-corrected chi connectivity index (χ3v) is 4.28. The van der Waals surface area contributed by atoms with Gasteiger partial charge in [-0.1, -0.05) is 6.07 Å². The number of anilines is 1. The summed E-state index contributed by atoms with van der Waals surface area (Å²) in [6.45, 7) is 0.548. The van der Waals surface area contributed by atoms with Gasteiger partial charge in [0.05, 0.1) is 29.8 Å². The molecule has 1 aliphatic heterocycles. The van der Waals surface area contributed by atoms with Gasteiger partial charge in [-0.2, -0.15) is 13.2 Å². The van der Waals surface area contributed by atoms with Crippen LogP contribution in [0.1, 0.15) is 12.0 Å². The maximum absolute atomic E-state index is 12.8. The van der Waals surface area contributed by atoms with Gasteiger partial charge in [-0.25, -0.2) is 0 Å². The monoisotopic (exact) mass is 326 g/mol. The van der Waals surface area contributed by atoms with Crippen molar-refractivity contribution in [3.8, 4) is 0 Å². The third-order valence-electron chi connectivity index (χ3n) is 4.28. The minimum absolute atomic E-state index is 0.00943. The first-order valence-corrected chi connectivity index (χ1v) is 7.30. The fourth-order valence-electron chi connectivity index (χ4n) is 3.07. The number of methoxy groups -OCH3 is 1. The minimum atomic E-state index is -4.39. The van der Waals surface area contributed by atoms with Crippen LogP contribution in [0.15, 0.2) is 30.5 Å². The number of hydrogen-bond donors (Lipinski definition) is 1. The molecule has 2 heterocycles. The molecule has 0 unspecified atom stereocenters. The van der Waals surface area contributed by atoms with Crippen molar-refractivity contribution in [1.82, 2.24) is 4.98 Å². The number of aliphatic hydroxyl groups is 1. The van der Waals surface area contributed by atoms with Crippen molar-refractivity contribution in [3.63, 3.8) is 0 Å². The van der Waals surface area contributed by atoms with Crippen LogP contribution < -0.4 is 4.90 Å². The third kappa shape index (κ3) is 2.98. The lowest BCUT2D eigenvalue weighted by atomic mass is 10.1. The zero-order valence-electron chi connectivity index (χ0n) is 12.5. The molecule has 1 fully saturated rings. The normalized spacial score (nSPS) is 22.0. The van der Waals surface area contributed by atoms with E-state index in [0.717, 1.165) is 17.8 Å². The zero-order chi connectivity index (χ0) is 16.6. The summed E-state index contributed by atoms with van der Waals surface area (Å²) in [6.07, 6.45) is -2.23. The van der Waals surface area contributed by atoms with Gasteiger partial charge in [0, 0.05) is 30.9 Å². The average Bonchev–Trinajstić information content (AvgIpc) is 2.96. The highest BCUT2D eigenvalue weighted by Gasteiger charge is 2.34. The highest BCUT2D eigenvalue weighted by molar-refractivity contribution is 5.92. The Morgan fingerprint density at radius 1 is 1.35 bits per heavy atom. The predicted octanol–water partition coefficient (Wildman–Crippen LogP) is 2.84. The molecule has 0 saturated carbocycles. The van der Waals surface area contributed by atoms with E-state index in [2.05, 4.69) is 4.98 Å². The fraction of sp³-hybridized carbons (Fsp3) is 0.438. The fourth-order valence-corrected chi connectivity index (χ4v) is 3.07. The SMILES string of the molecule is CO[C@@H]1C[C@@H](CO)N(c2ccnc3cc(C(F)(F)F)ccc23)C1. The first kappa shape index (κ1) is 16.0. The van der Waals surface area contributed by atoms with Gasteiger partial charge in [-0.3, -0.25) is 4.98 Å². The molecular formula is C16H17F3N2O2. The highest BCUT2D eigenvalue weighted by atomic mass is 19.4. The predicted molar refractivity (Wildman–Crippen MR) is 80.4 cm³/mol. The Kier molecular flexibility index (Phi) is 4.16. The van der Waals surface area contributed by atoms with E-state index in [1.165, 1.54) is 12.3 Å². The molecular weight excluding hydrogens is 309 g/mol. The summed E-state index contributed by atoms with van der Waals surface area (Å²) in [5.41, 5.74) is 0.335. The molecule has 1 aromatic carbocycles. The van der Waals surface area contributed by atoms with Gasteiger partial charge in [0.2, 0.25) is 0 Å². The van der Waals surface area contributed by atoms with Crippen LogP contribution in [-0.2, 0) is 10.9 Å². The summed E-state index contributed by atoms with van der Waals surface area (Å²) in [5.74, 6) is 0. The summed E-state index contributed by atoms with van der Waals surface area (Å²) in [7, 11) is 1.61. The number of ether oxygens (including phenoxy) is 1. The molecule has 4 nitrogen and oxygen atoms in total. The van der Waals surface area contributed by atoms with E-state index in [1.807, 2.05) is 4.90 Å². The Bertz CT molecular complexity index is 705. The molecule has 0 aliphatic carbocycles. The molecule has 0 amide bonds. The smallest absolute Gasteiger partial charge is 0.394 e. The van der Waals surface area contributed by atoms with Crippen molar-refractivity contribution in [1.29, 1.82) is 0 Å². The molecule has 0 spiro atoms. The van der Waals surface area contributed by atoms with Crippen molar-refractivity contribution in [2.24, 2.45) is 0 Å². The Balaban J connectivity index is 2.05. The van der Waals surface area contributed by atoms with Crippen LogP contribution in [0.5, 0.6) is 0 Å². The lowest BCUT2D eigenvalue weighted by molar-refractivity contribution is -0.137. The van der Waals surface area contributed by atoms with E-state index < -0.39 is 11.7 Å². The summed E-state index contributed by atoms with van der Waals surface area (Å²) >= 11 is 0. The van der Waals surface area contributed by atoms with Crippen molar-refractivity contribution >= 4 is 16.6 Å². The zero-order valence-corrected chi connectivity index (χ0v) is 12.5. The van der Waals surface area contributed by atoms with Crippen LogP contribution in [0.2, 0.25) is 0 Å². The largest absolute Gasteiger partial charge is 0.416 e. The van der Waals surface area contributed by atoms with E-state index >= 15 is 0 Å². The Morgan fingerprint density at radius 2 is 2.13 bits per heavy atom. The van der Waals surface area contributed by atoms with Crippen LogP contribution in [0.3, 0.4) is 0 Å². The molecule has 2 aromatic rings. The minimum Gasteiger partial charge on any atom is -0.394 e. The standard InChI is InChI=1S/C16H17F3N2O2/c1-23-12-7-11(9-22)21(8-12)15-4-5-20-14-6-10(16(17,18)19)2-3-13(14)15/h2-6,11-12,22H,7-9H2,1H3/t11-,12+/m0/s1. The molecule has 7 heteroatoms. The lowest BCUT2D eigenvalue weighted by Gasteiger charge is -2.26. The lowest BCUT2D eigenvalue weighted by Crippen LogP contribution is -2.32. The van der Waals surface area contributed by atoms with Crippen LogP contribution in [0, 0.1) is 0 Å². The summed E-state index contributed by atoms with van der Waals surface area (Å²) in [4.78, 5) is 6.03. The molecule has 23 heavy (non-hydrogen) atoms. The highest BCUT2D eigenvalue weighted by Crippen LogP contribution is 2.35. The molecule has 2 atom stereocenters. The number of rotatable bonds is 3. The van der Waals surface area contributed by atoms with E-state index in [0.29, 0.717) is 18.4 Å². The number of aromatic nitrogens is 1. The van der Waals surface area contributed by atoms with Crippen LogP contribution in [0.25, 0.3) is 10.9 Å². The van der Waals surface area contributed by atoms with Gasteiger partial charge in [0.25, 0.3) is 0 Å². The van der Waals surface area contributed by atoms with Gasteiger partial charge >= 0.3 is 6.18 Å². The molecule has 0 radical (unpaired) electrons. The van der Waals surface area contributed by atoms with Gasteiger partial charge in [-0.15, -0.1) is 0 Å². The second kappa shape index (κ2) is 5.98. The number of pyridine rings is 1. The molecule has 1 aromatic heterocycles. The van der Waals surface area contributed by atoms with Gasteiger partial charge in [0.15, 0.2) is 0 Å². The van der Waals surface area contributed by atoms with Crippen molar-refractivity contribution in [2.75, 3.05) is 25.2 Å². The molecule has 1 N–H and O–H groups in total. The summed E-state index contributed by atoms with van der Waals surface area (Å²) in [6, 6.07) is 5.20. The molecule has 1 aliphatic rings. The van der Waals surface area contributed by atoms with Crippen LogP contribution in [0.4, 0.5) is 18.9 Å². The van der Waals surface area contributed by atoms with Crippen molar-refractivity contribution in [3.05, 3.63) is 36.0 Å². The molecule has 1 saturated heterocycles. The molecule has 124 valence electrons. The quantitative estimate of drug-likeness (QED) is 0.942. The Hall–Kier alpha value is -1.86. The van der Waals surface area contributed by atoms with E-state index in [9.17, 15) is 18.3 Å². The molecule has 3 rings (SSSR count). The van der Waals surface area contributed by atoms with E-state index in [1.54, 1.807) is 13.2 Å². The van der Waals surface area contributed by atoms with Gasteiger partial charge in [0.1, 0.15) is 0 Å². The average molecular weight is 326 g/mol. The second-order valence-corrected chi connectivity index (χ2v) is 5.64. The molecule has 0 bridgehead atoms. The number of alkyl halides is 3. The number of hydrogen-bond acceptors (Lipinski definition) is 4. The first-order chi connectivity index (χ1) is 10.9. The van der Waals surface area contributed by atoms with Crippen molar-refractivity contribution < 1.29 is 23.0 Å². The number of halogens is 3. The van der Waals surface area contributed by atoms with Crippen LogP contribution in [-0.4, -0.2) is 42.5 Å². The number of nitrogens with zero attached hydrogens (tertiary/aromatic N) is 2. The Morgan fingerprint density at radius 3 is 2.78 bits per heavy atom. The summed E-state index contributed by atoms with van der Waals surface area (Å²) < 4.78 is 43.9. The summed E-state index contributed by atoms with van der Waals surface area (Å²) in [5, 5.41) is 10.2. The number of aliphatic hydroxyl groups excluding tert-OH is 1. The Labute approximate surface area is 131 Å². The first-order valence-electron chi connectivity index (χ1n) is 7.30. The maximum Gasteiger partial charge on any atom is 0.416 e. The second-order valence-electron chi connectivity index (χ2n) is 5.64. The van der Waals surface area contributed by atoms with Crippen molar-refractivity contribution in [2.45, 2.75) is 24.7 Å². The van der Waals surface area contributed by atoms with Gasteiger partial charge in [-0.05, 0) is 24.6 Å².